The van der Waals surface area contributed by atoms with Crippen molar-refractivity contribution in [3.05, 3.63) is 59.3 Å². The van der Waals surface area contributed by atoms with Gasteiger partial charge in [0, 0.05) is 44.9 Å². The molecule has 2 heterocycles. The molecule has 1 aliphatic rings. The first-order chi connectivity index (χ1) is 13.7. The van der Waals surface area contributed by atoms with Crippen molar-refractivity contribution in [2.75, 3.05) is 27.3 Å². The molecule has 3 rings (SSSR count). The number of guanidine groups is 1. The number of aliphatic imine (C=N–C) groups is 1. The second-order valence-corrected chi connectivity index (χ2v) is 7.12. The van der Waals surface area contributed by atoms with E-state index in [4.69, 9.17) is 9.47 Å². The average molecular weight is 510 g/mol. The van der Waals surface area contributed by atoms with Gasteiger partial charge < -0.3 is 20.1 Å². The van der Waals surface area contributed by atoms with Crippen molar-refractivity contribution in [2.24, 2.45) is 10.9 Å². The molecule has 0 aliphatic carbocycles. The molecule has 2 aromatic rings. The predicted octanol–water partition coefficient (Wildman–Crippen LogP) is 3.85. The van der Waals surface area contributed by atoms with Crippen molar-refractivity contribution in [2.45, 2.75) is 32.4 Å². The van der Waals surface area contributed by atoms with Gasteiger partial charge in [-0.1, -0.05) is 29.8 Å². The van der Waals surface area contributed by atoms with Crippen LogP contribution in [0.2, 0.25) is 0 Å². The average Bonchev–Trinajstić information content (AvgIpc) is 2.75. The van der Waals surface area contributed by atoms with Gasteiger partial charge in [-0.3, -0.25) is 4.99 Å². The van der Waals surface area contributed by atoms with Gasteiger partial charge >= 0.3 is 0 Å². The Bertz CT molecular complexity index is 783. The number of aryl methyl sites for hydroxylation is 1. The molecule has 1 saturated heterocycles. The van der Waals surface area contributed by atoms with E-state index in [1.807, 2.05) is 12.1 Å². The van der Waals surface area contributed by atoms with Gasteiger partial charge in [-0.2, -0.15) is 0 Å². The highest BCUT2D eigenvalue weighted by Crippen LogP contribution is 2.33. The van der Waals surface area contributed by atoms with E-state index in [9.17, 15) is 0 Å². The first-order valence-corrected chi connectivity index (χ1v) is 9.81. The van der Waals surface area contributed by atoms with Crippen LogP contribution in [0.1, 0.15) is 35.6 Å². The second-order valence-electron chi connectivity index (χ2n) is 7.12. The van der Waals surface area contributed by atoms with Crippen LogP contribution in [0.4, 0.5) is 0 Å². The Morgan fingerprint density at radius 3 is 2.76 bits per heavy atom. The van der Waals surface area contributed by atoms with Crippen LogP contribution in [0.15, 0.2) is 47.6 Å². The Kier molecular flexibility index (Phi) is 9.66. The van der Waals surface area contributed by atoms with Gasteiger partial charge in [-0.15, -0.1) is 24.0 Å². The first-order valence-electron chi connectivity index (χ1n) is 9.81. The number of methoxy groups -OCH3 is 1. The van der Waals surface area contributed by atoms with Crippen LogP contribution in [0, 0.1) is 12.8 Å². The maximum absolute atomic E-state index is 6.12. The van der Waals surface area contributed by atoms with E-state index in [0.29, 0.717) is 18.3 Å². The van der Waals surface area contributed by atoms with Crippen LogP contribution in [-0.2, 0) is 11.3 Å². The van der Waals surface area contributed by atoms with Crippen LogP contribution < -0.4 is 15.4 Å². The van der Waals surface area contributed by atoms with Crippen LogP contribution in [0.25, 0.3) is 0 Å². The first kappa shape index (κ1) is 23.4. The number of rotatable bonds is 6. The minimum atomic E-state index is 0. The van der Waals surface area contributed by atoms with Gasteiger partial charge in [0.2, 0.25) is 5.88 Å². The maximum atomic E-state index is 6.12. The Labute approximate surface area is 190 Å². The smallest absolute Gasteiger partial charge is 0.213 e. The number of hydrogen-bond acceptors (Lipinski definition) is 4. The summed E-state index contributed by atoms with van der Waals surface area (Å²) in [6, 6.07) is 12.6. The van der Waals surface area contributed by atoms with Gasteiger partial charge in [0.05, 0.1) is 13.2 Å². The number of pyridine rings is 1. The molecule has 0 saturated carbocycles. The number of ether oxygens (including phenoxy) is 2. The third-order valence-electron chi connectivity index (χ3n) is 5.07. The maximum Gasteiger partial charge on any atom is 0.213 e. The molecule has 0 spiro atoms. The standard InChI is InChI=1S/C22H30N4O2.HI/c1-16-6-8-18(9-7-16)21-19(5-4-12-28-21)15-26-22(23-2)25-14-17-10-11-24-20(13-17)27-3;/h6-11,13,19,21H,4-5,12,14-15H2,1-3H3,(H2,23,25,26);1H. The summed E-state index contributed by atoms with van der Waals surface area (Å²) in [7, 11) is 3.41. The third-order valence-corrected chi connectivity index (χ3v) is 5.07. The fourth-order valence-electron chi connectivity index (χ4n) is 3.48. The molecule has 0 bridgehead atoms. The number of benzene rings is 1. The summed E-state index contributed by atoms with van der Waals surface area (Å²) in [4.78, 5) is 8.48. The van der Waals surface area contributed by atoms with Crippen molar-refractivity contribution < 1.29 is 9.47 Å². The highest BCUT2D eigenvalue weighted by molar-refractivity contribution is 14.0. The van der Waals surface area contributed by atoms with Crippen molar-refractivity contribution in [3.63, 3.8) is 0 Å². The number of aromatic nitrogens is 1. The quantitative estimate of drug-likeness (QED) is 0.351. The lowest BCUT2D eigenvalue weighted by molar-refractivity contribution is -0.0265. The Morgan fingerprint density at radius 1 is 1.24 bits per heavy atom. The van der Waals surface area contributed by atoms with Gasteiger partial charge in [0.25, 0.3) is 0 Å². The van der Waals surface area contributed by atoms with Crippen LogP contribution >= 0.6 is 24.0 Å². The highest BCUT2D eigenvalue weighted by atomic mass is 127. The van der Waals surface area contributed by atoms with E-state index in [-0.39, 0.29) is 30.1 Å². The molecule has 1 aromatic carbocycles. The van der Waals surface area contributed by atoms with E-state index in [1.54, 1.807) is 20.4 Å². The van der Waals surface area contributed by atoms with Gasteiger partial charge in [0.15, 0.2) is 5.96 Å². The number of hydrogen-bond donors (Lipinski definition) is 2. The van der Waals surface area contributed by atoms with Crippen LogP contribution in [0.3, 0.4) is 0 Å². The number of nitrogens with zero attached hydrogens (tertiary/aromatic N) is 2. The lowest BCUT2D eigenvalue weighted by Crippen LogP contribution is -2.41. The molecule has 0 amide bonds. The summed E-state index contributed by atoms with van der Waals surface area (Å²) in [5, 5.41) is 6.81. The second kappa shape index (κ2) is 12.0. The van der Waals surface area contributed by atoms with E-state index >= 15 is 0 Å². The zero-order valence-corrected chi connectivity index (χ0v) is 19.7. The lowest BCUT2D eigenvalue weighted by atomic mass is 9.89. The molecule has 2 unspecified atom stereocenters. The zero-order chi connectivity index (χ0) is 19.8. The van der Waals surface area contributed by atoms with E-state index < -0.39 is 0 Å². The lowest BCUT2D eigenvalue weighted by Gasteiger charge is -2.32. The van der Waals surface area contributed by atoms with Crippen molar-refractivity contribution in [3.8, 4) is 5.88 Å². The van der Waals surface area contributed by atoms with Crippen molar-refractivity contribution >= 4 is 29.9 Å². The third kappa shape index (κ3) is 6.85. The SMILES string of the molecule is CN=C(NCc1ccnc(OC)c1)NCC1CCCOC1c1ccc(C)cc1.I. The van der Waals surface area contributed by atoms with Gasteiger partial charge in [0.1, 0.15) is 0 Å². The molecule has 2 atom stereocenters. The Morgan fingerprint density at radius 2 is 2.03 bits per heavy atom. The zero-order valence-electron chi connectivity index (χ0n) is 17.4. The molecule has 1 aliphatic heterocycles. The molecule has 29 heavy (non-hydrogen) atoms. The van der Waals surface area contributed by atoms with Gasteiger partial charge in [-0.05, 0) is 37.0 Å². The molecule has 1 aromatic heterocycles. The molecule has 1 fully saturated rings. The fraction of sp³-hybridized carbons (Fsp3) is 0.455. The normalized spacial score (nSPS) is 19.2. The van der Waals surface area contributed by atoms with Crippen molar-refractivity contribution in [1.29, 1.82) is 0 Å². The summed E-state index contributed by atoms with van der Waals surface area (Å²) in [5.74, 6) is 1.81. The highest BCUT2D eigenvalue weighted by Gasteiger charge is 2.27. The molecule has 7 heteroatoms. The molecule has 0 radical (unpaired) electrons. The molecular weight excluding hydrogens is 479 g/mol. The summed E-state index contributed by atoms with van der Waals surface area (Å²) in [5.41, 5.74) is 3.61. The Balaban J connectivity index is 0.00000300. The molecule has 158 valence electrons. The Hall–Kier alpha value is -1.87. The van der Waals surface area contributed by atoms with Crippen LogP contribution in [-0.4, -0.2) is 38.3 Å². The minimum absolute atomic E-state index is 0. The summed E-state index contributed by atoms with van der Waals surface area (Å²) < 4.78 is 11.3. The topological polar surface area (TPSA) is 67.8 Å². The van der Waals surface area contributed by atoms with Gasteiger partial charge in [-0.25, -0.2) is 4.98 Å². The number of nitrogens with one attached hydrogen (secondary N) is 2. The number of halogens is 1. The molecule has 2 N–H and O–H groups in total. The van der Waals surface area contributed by atoms with E-state index in [1.165, 1.54) is 11.1 Å². The fourth-order valence-corrected chi connectivity index (χ4v) is 3.48. The van der Waals surface area contributed by atoms with E-state index in [2.05, 4.69) is 51.8 Å². The summed E-state index contributed by atoms with van der Waals surface area (Å²) in [6.45, 7) is 4.41. The molecule has 6 nitrogen and oxygen atoms in total. The summed E-state index contributed by atoms with van der Waals surface area (Å²) >= 11 is 0. The van der Waals surface area contributed by atoms with Crippen molar-refractivity contribution in [1.82, 2.24) is 15.6 Å². The largest absolute Gasteiger partial charge is 0.481 e. The monoisotopic (exact) mass is 510 g/mol. The minimum Gasteiger partial charge on any atom is -0.481 e. The van der Waals surface area contributed by atoms with Crippen LogP contribution in [0.5, 0.6) is 5.88 Å². The molecular formula is C22H31IN4O2. The summed E-state index contributed by atoms with van der Waals surface area (Å²) in [6.07, 6.45) is 4.11. The van der Waals surface area contributed by atoms with E-state index in [0.717, 1.165) is 37.5 Å². The predicted molar refractivity (Wildman–Crippen MR) is 127 cm³/mol.